The molecule has 2 aromatic carbocycles. The van der Waals surface area contributed by atoms with Crippen molar-refractivity contribution in [2.75, 3.05) is 16.9 Å². The second-order valence-electron chi connectivity index (χ2n) is 4.56. The standard InChI is InChI=1S/C16H17FN2OS/c1-11(18-13-9-7-12(17)8-10-13)16(20)19-14-5-3-4-6-15(14)21-2/h3-11,18H,1-2H3,(H,19,20)/t11-/m1/s1. The average Bonchev–Trinajstić information content (AvgIpc) is 2.50. The number of carbonyl (C=O) groups excluding carboxylic acids is 1. The lowest BCUT2D eigenvalue weighted by atomic mass is 10.2. The second kappa shape index (κ2) is 7.13. The molecule has 0 fully saturated rings. The molecule has 0 heterocycles. The van der Waals surface area contributed by atoms with Gasteiger partial charge in [-0.15, -0.1) is 11.8 Å². The third-order valence-corrected chi connectivity index (χ3v) is 3.78. The van der Waals surface area contributed by atoms with Crippen molar-refractivity contribution in [1.29, 1.82) is 0 Å². The fourth-order valence-electron chi connectivity index (χ4n) is 1.85. The highest BCUT2D eigenvalue weighted by Gasteiger charge is 2.14. The molecule has 0 aliphatic carbocycles. The zero-order valence-electron chi connectivity index (χ0n) is 11.9. The summed E-state index contributed by atoms with van der Waals surface area (Å²) in [7, 11) is 0. The summed E-state index contributed by atoms with van der Waals surface area (Å²) < 4.78 is 12.8. The van der Waals surface area contributed by atoms with E-state index in [0.29, 0.717) is 5.69 Å². The van der Waals surface area contributed by atoms with Crippen molar-refractivity contribution < 1.29 is 9.18 Å². The summed E-state index contributed by atoms with van der Waals surface area (Å²) in [5, 5.41) is 5.94. The van der Waals surface area contributed by atoms with Gasteiger partial charge in [-0.1, -0.05) is 12.1 Å². The van der Waals surface area contributed by atoms with Crippen LogP contribution in [0.1, 0.15) is 6.92 Å². The lowest BCUT2D eigenvalue weighted by Crippen LogP contribution is -2.32. The zero-order chi connectivity index (χ0) is 15.2. The van der Waals surface area contributed by atoms with Gasteiger partial charge in [-0.3, -0.25) is 4.79 Å². The number of amides is 1. The second-order valence-corrected chi connectivity index (χ2v) is 5.41. The van der Waals surface area contributed by atoms with Crippen LogP contribution in [-0.2, 0) is 4.79 Å². The zero-order valence-corrected chi connectivity index (χ0v) is 12.7. The molecule has 3 nitrogen and oxygen atoms in total. The summed E-state index contributed by atoms with van der Waals surface area (Å²) in [6, 6.07) is 13.1. The van der Waals surface area contributed by atoms with Crippen LogP contribution in [0, 0.1) is 5.82 Å². The maximum Gasteiger partial charge on any atom is 0.246 e. The van der Waals surface area contributed by atoms with Crippen molar-refractivity contribution >= 4 is 29.0 Å². The highest BCUT2D eigenvalue weighted by Crippen LogP contribution is 2.24. The summed E-state index contributed by atoms with van der Waals surface area (Å²) in [6.45, 7) is 1.76. The van der Waals surface area contributed by atoms with Gasteiger partial charge in [-0.2, -0.15) is 0 Å². The Morgan fingerprint density at radius 3 is 2.48 bits per heavy atom. The van der Waals surface area contributed by atoms with E-state index in [2.05, 4.69) is 10.6 Å². The fraction of sp³-hybridized carbons (Fsp3) is 0.188. The molecular weight excluding hydrogens is 287 g/mol. The normalized spacial score (nSPS) is 11.8. The molecule has 1 amide bonds. The van der Waals surface area contributed by atoms with Crippen LogP contribution in [0.2, 0.25) is 0 Å². The quantitative estimate of drug-likeness (QED) is 0.821. The first kappa shape index (κ1) is 15.4. The monoisotopic (exact) mass is 304 g/mol. The molecule has 2 N–H and O–H groups in total. The van der Waals surface area contributed by atoms with Gasteiger partial charge in [0.15, 0.2) is 0 Å². The molecule has 0 aliphatic rings. The fourth-order valence-corrected chi connectivity index (χ4v) is 2.40. The van der Waals surface area contributed by atoms with E-state index in [4.69, 9.17) is 0 Å². The first-order valence-corrected chi connectivity index (χ1v) is 7.78. The minimum absolute atomic E-state index is 0.138. The van der Waals surface area contributed by atoms with Gasteiger partial charge in [-0.05, 0) is 49.6 Å². The highest BCUT2D eigenvalue weighted by molar-refractivity contribution is 7.98. The van der Waals surface area contributed by atoms with E-state index in [-0.39, 0.29) is 11.7 Å². The highest BCUT2D eigenvalue weighted by atomic mass is 32.2. The lowest BCUT2D eigenvalue weighted by Gasteiger charge is -2.16. The summed E-state index contributed by atoms with van der Waals surface area (Å²) in [5.74, 6) is -0.438. The van der Waals surface area contributed by atoms with Crippen LogP contribution in [-0.4, -0.2) is 18.2 Å². The Labute approximate surface area is 127 Å². The molecule has 5 heteroatoms. The number of nitrogens with one attached hydrogen (secondary N) is 2. The van der Waals surface area contributed by atoms with Gasteiger partial charge >= 0.3 is 0 Å². The van der Waals surface area contributed by atoms with E-state index in [1.54, 1.807) is 30.8 Å². The van der Waals surface area contributed by atoms with Crippen LogP contribution in [0.3, 0.4) is 0 Å². The van der Waals surface area contributed by atoms with Gasteiger partial charge in [-0.25, -0.2) is 4.39 Å². The Morgan fingerprint density at radius 2 is 1.81 bits per heavy atom. The van der Waals surface area contributed by atoms with Crippen molar-refractivity contribution in [2.45, 2.75) is 17.9 Å². The molecule has 0 aliphatic heterocycles. The van der Waals surface area contributed by atoms with Crippen molar-refractivity contribution in [1.82, 2.24) is 0 Å². The number of thioether (sulfide) groups is 1. The summed E-state index contributed by atoms with van der Waals surface area (Å²) >= 11 is 1.58. The van der Waals surface area contributed by atoms with E-state index in [1.807, 2.05) is 30.5 Å². The van der Waals surface area contributed by atoms with Crippen LogP contribution < -0.4 is 10.6 Å². The van der Waals surface area contributed by atoms with Crippen molar-refractivity contribution in [2.24, 2.45) is 0 Å². The first-order valence-electron chi connectivity index (χ1n) is 6.56. The summed E-state index contributed by atoms with van der Waals surface area (Å²) in [4.78, 5) is 13.2. The van der Waals surface area contributed by atoms with E-state index < -0.39 is 6.04 Å². The van der Waals surface area contributed by atoms with Gasteiger partial charge in [0.2, 0.25) is 5.91 Å². The first-order chi connectivity index (χ1) is 10.1. The van der Waals surface area contributed by atoms with Crippen LogP contribution in [0.4, 0.5) is 15.8 Å². The molecule has 0 aromatic heterocycles. The molecule has 0 saturated carbocycles. The number of carbonyl (C=O) groups is 1. The van der Waals surface area contributed by atoms with Gasteiger partial charge in [0.1, 0.15) is 11.9 Å². The molecule has 2 rings (SSSR count). The maximum absolute atomic E-state index is 12.8. The number of hydrogen-bond acceptors (Lipinski definition) is 3. The van der Waals surface area contributed by atoms with Gasteiger partial charge in [0.25, 0.3) is 0 Å². The van der Waals surface area contributed by atoms with Gasteiger partial charge in [0, 0.05) is 10.6 Å². The van der Waals surface area contributed by atoms with Crippen molar-refractivity contribution in [3.05, 3.63) is 54.3 Å². The predicted molar refractivity (Wildman–Crippen MR) is 86.3 cm³/mol. The number of hydrogen-bond donors (Lipinski definition) is 2. The van der Waals surface area contributed by atoms with Crippen LogP contribution in [0.25, 0.3) is 0 Å². The molecule has 0 radical (unpaired) electrons. The molecule has 21 heavy (non-hydrogen) atoms. The van der Waals surface area contributed by atoms with Crippen LogP contribution in [0.5, 0.6) is 0 Å². The summed E-state index contributed by atoms with van der Waals surface area (Å²) in [6.07, 6.45) is 1.96. The topological polar surface area (TPSA) is 41.1 Å². The lowest BCUT2D eigenvalue weighted by molar-refractivity contribution is -0.116. The number of benzene rings is 2. The van der Waals surface area contributed by atoms with E-state index >= 15 is 0 Å². The largest absolute Gasteiger partial charge is 0.374 e. The Bertz CT molecular complexity index is 616. The molecule has 0 spiro atoms. The third kappa shape index (κ3) is 4.23. The van der Waals surface area contributed by atoms with Crippen molar-refractivity contribution in [3.63, 3.8) is 0 Å². The number of halogens is 1. The van der Waals surface area contributed by atoms with E-state index in [9.17, 15) is 9.18 Å². The molecule has 1 atom stereocenters. The maximum atomic E-state index is 12.8. The molecular formula is C16H17FN2OS. The molecule has 110 valence electrons. The smallest absolute Gasteiger partial charge is 0.246 e. The predicted octanol–water partition coefficient (Wildman–Crippen LogP) is 3.99. The molecule has 0 unspecified atom stereocenters. The van der Waals surface area contributed by atoms with E-state index in [0.717, 1.165) is 10.6 Å². The van der Waals surface area contributed by atoms with Gasteiger partial charge < -0.3 is 10.6 Å². The number of anilines is 2. The number of para-hydroxylation sites is 1. The third-order valence-electron chi connectivity index (χ3n) is 2.99. The average molecular weight is 304 g/mol. The molecule has 0 saturated heterocycles. The Hall–Kier alpha value is -2.01. The van der Waals surface area contributed by atoms with E-state index in [1.165, 1.54) is 12.1 Å². The van der Waals surface area contributed by atoms with Crippen LogP contribution in [0.15, 0.2) is 53.4 Å². The Kier molecular flexibility index (Phi) is 5.22. The minimum Gasteiger partial charge on any atom is -0.374 e. The minimum atomic E-state index is -0.426. The number of rotatable bonds is 5. The molecule has 2 aromatic rings. The Balaban J connectivity index is 2.01. The van der Waals surface area contributed by atoms with Crippen LogP contribution >= 0.6 is 11.8 Å². The SMILES string of the molecule is CSc1ccccc1NC(=O)[C@@H](C)Nc1ccc(F)cc1. The van der Waals surface area contributed by atoms with Crippen molar-refractivity contribution in [3.8, 4) is 0 Å². The Morgan fingerprint density at radius 1 is 1.14 bits per heavy atom. The summed E-state index contributed by atoms with van der Waals surface area (Å²) in [5.41, 5.74) is 1.50. The van der Waals surface area contributed by atoms with Gasteiger partial charge in [0.05, 0.1) is 5.69 Å². The molecule has 0 bridgehead atoms.